The molecule has 0 saturated carbocycles. The molecule has 1 aliphatic heterocycles. The van der Waals surface area contributed by atoms with Crippen molar-refractivity contribution in [3.05, 3.63) is 135 Å². The van der Waals surface area contributed by atoms with E-state index in [1.54, 1.807) is 56.0 Å². The topological polar surface area (TPSA) is 163 Å². The highest BCUT2D eigenvalue weighted by molar-refractivity contribution is 5.95. The lowest BCUT2D eigenvalue weighted by atomic mass is 9.98. The number of alkyl carbamates (subject to hydrolysis) is 1. The van der Waals surface area contributed by atoms with Gasteiger partial charge < -0.3 is 29.3 Å². The number of hydrogen-bond donors (Lipinski definition) is 2. The van der Waals surface area contributed by atoms with Crippen molar-refractivity contribution in [1.82, 2.24) is 30.2 Å². The fourth-order valence-electron chi connectivity index (χ4n) is 7.67. The van der Waals surface area contributed by atoms with Crippen LogP contribution in [0.1, 0.15) is 59.4 Å². The predicted molar refractivity (Wildman–Crippen MR) is 226 cm³/mol. The lowest BCUT2D eigenvalue weighted by molar-refractivity contribution is -0.133. The van der Waals surface area contributed by atoms with Gasteiger partial charge in [0, 0.05) is 57.0 Å². The van der Waals surface area contributed by atoms with Crippen molar-refractivity contribution in [2.75, 3.05) is 65.6 Å². The number of aromatic amines is 1. The Balaban J connectivity index is 0.964. The molecule has 0 spiro atoms. The fourth-order valence-corrected chi connectivity index (χ4v) is 7.67. The van der Waals surface area contributed by atoms with Crippen LogP contribution in [0.3, 0.4) is 0 Å². The summed E-state index contributed by atoms with van der Waals surface area (Å²) in [5.74, 6) is -1.71. The van der Waals surface area contributed by atoms with Crippen LogP contribution in [0.2, 0.25) is 0 Å². The Morgan fingerprint density at radius 2 is 1.49 bits per heavy atom. The summed E-state index contributed by atoms with van der Waals surface area (Å²) in [6, 6.07) is 27.4. The fraction of sp³-hybridized carbons (Fsp3) is 0.348. The van der Waals surface area contributed by atoms with Gasteiger partial charge in [-0.15, -0.1) is 0 Å². The van der Waals surface area contributed by atoms with E-state index in [9.17, 15) is 24.0 Å². The van der Waals surface area contributed by atoms with Crippen molar-refractivity contribution in [3.63, 3.8) is 0 Å². The largest absolute Gasteiger partial charge is 0.448 e. The summed E-state index contributed by atoms with van der Waals surface area (Å²) in [7, 11) is 0. The van der Waals surface area contributed by atoms with Gasteiger partial charge in [0.05, 0.1) is 29.9 Å². The molecule has 2 aliphatic rings. The summed E-state index contributed by atoms with van der Waals surface area (Å²) in [6.45, 7) is 6.14. The summed E-state index contributed by atoms with van der Waals surface area (Å²) in [5.41, 5.74) is 4.45. The second kappa shape index (κ2) is 18.8. The van der Waals surface area contributed by atoms with E-state index in [1.807, 2.05) is 48.5 Å². The highest BCUT2D eigenvalue weighted by Gasteiger charge is 2.32. The zero-order valence-electron chi connectivity index (χ0n) is 34.4. The van der Waals surface area contributed by atoms with E-state index in [1.165, 1.54) is 21.9 Å². The molecule has 5 aromatic rings. The van der Waals surface area contributed by atoms with Crippen molar-refractivity contribution < 1.29 is 37.8 Å². The second-order valence-electron chi connectivity index (χ2n) is 16.0. The van der Waals surface area contributed by atoms with Crippen LogP contribution in [0.4, 0.5) is 14.0 Å². The lowest BCUT2D eigenvalue weighted by Gasteiger charge is -2.36. The zero-order chi connectivity index (χ0) is 43.1. The van der Waals surface area contributed by atoms with Gasteiger partial charge in [-0.2, -0.15) is 5.10 Å². The number of carbonyl (C=O) groups excluding carboxylic acids is 4. The van der Waals surface area contributed by atoms with Crippen LogP contribution in [0.15, 0.2) is 95.8 Å². The third kappa shape index (κ3) is 10.2. The Bertz CT molecular complexity index is 2430. The monoisotopic (exact) mass is 832 g/mol. The third-order valence-corrected chi connectivity index (χ3v) is 10.7. The molecular formula is C46H49FN6O8. The number of aromatic nitrogens is 2. The highest BCUT2D eigenvalue weighted by atomic mass is 19.1. The molecule has 4 amide bonds. The van der Waals surface area contributed by atoms with Crippen LogP contribution < -0.4 is 10.9 Å². The van der Waals surface area contributed by atoms with E-state index >= 15 is 4.39 Å². The number of nitrogens with one attached hydrogen (secondary N) is 2. The number of hydrogen-bond acceptors (Lipinski definition) is 9. The van der Waals surface area contributed by atoms with E-state index in [4.69, 9.17) is 14.2 Å². The number of fused-ring (bicyclic) bond motifs is 4. The van der Waals surface area contributed by atoms with Gasteiger partial charge >= 0.3 is 12.2 Å². The van der Waals surface area contributed by atoms with Gasteiger partial charge in [0.1, 0.15) is 24.6 Å². The smallest absolute Gasteiger partial charge is 0.410 e. The number of carbonyl (C=O) groups is 4. The molecule has 0 radical (unpaired) electrons. The first-order valence-corrected chi connectivity index (χ1v) is 20.3. The Labute approximate surface area is 352 Å². The molecule has 14 nitrogen and oxygen atoms in total. The Morgan fingerprint density at radius 1 is 0.852 bits per heavy atom. The summed E-state index contributed by atoms with van der Waals surface area (Å²) < 4.78 is 32.0. The molecule has 2 N–H and O–H groups in total. The summed E-state index contributed by atoms with van der Waals surface area (Å²) in [6.07, 6.45) is -0.995. The number of rotatable bonds is 13. The normalized spacial score (nSPS) is 13.7. The van der Waals surface area contributed by atoms with E-state index in [2.05, 4.69) is 15.5 Å². The maximum absolute atomic E-state index is 15.2. The maximum Gasteiger partial charge on any atom is 0.410 e. The number of amides is 4. The predicted octanol–water partition coefficient (Wildman–Crippen LogP) is 5.73. The third-order valence-electron chi connectivity index (χ3n) is 10.7. The quantitative estimate of drug-likeness (QED) is 0.141. The number of nitrogens with zero attached hydrogens (tertiary/aromatic N) is 4. The average molecular weight is 833 g/mol. The van der Waals surface area contributed by atoms with Gasteiger partial charge in [-0.05, 0) is 66.8 Å². The van der Waals surface area contributed by atoms with Gasteiger partial charge in [-0.25, -0.2) is 19.1 Å². The van der Waals surface area contributed by atoms with Crippen molar-refractivity contribution in [2.45, 2.75) is 38.7 Å². The first-order valence-electron chi connectivity index (χ1n) is 20.3. The molecule has 1 aromatic heterocycles. The number of halogens is 1. The minimum absolute atomic E-state index is 0.0350. The molecule has 7 rings (SSSR count). The first kappa shape index (κ1) is 42.5. The van der Waals surface area contributed by atoms with Crippen molar-refractivity contribution >= 4 is 34.8 Å². The molecule has 0 unspecified atom stereocenters. The molecule has 61 heavy (non-hydrogen) atoms. The average Bonchev–Trinajstić information content (AvgIpc) is 3.57. The highest BCUT2D eigenvalue weighted by Crippen LogP contribution is 2.44. The van der Waals surface area contributed by atoms with Crippen molar-refractivity contribution in [1.29, 1.82) is 0 Å². The molecule has 318 valence electrons. The van der Waals surface area contributed by atoms with Crippen LogP contribution in [0.5, 0.6) is 0 Å². The molecule has 0 bridgehead atoms. The number of piperazine rings is 1. The van der Waals surface area contributed by atoms with E-state index in [0.29, 0.717) is 22.0 Å². The minimum atomic E-state index is -0.681. The molecule has 1 fully saturated rings. The SMILES string of the molecule is CC(C)(C)OC(=O)NCCOCCN(CC(=O)N1CCN(C(=O)c2cc(Cc3n[nH]c(=O)c4ccccc34)ccc2F)CC1)C(=O)OCC1c2ccccc2-c2ccccc21. The van der Waals surface area contributed by atoms with Crippen LogP contribution in [-0.4, -0.2) is 120 Å². The van der Waals surface area contributed by atoms with E-state index < -0.39 is 29.5 Å². The van der Waals surface area contributed by atoms with Crippen LogP contribution in [0, 0.1) is 5.82 Å². The number of benzene rings is 4. The first-order chi connectivity index (χ1) is 29.4. The Kier molecular flexibility index (Phi) is 13.1. The zero-order valence-corrected chi connectivity index (χ0v) is 34.4. The molecule has 4 aromatic carbocycles. The number of ether oxygens (including phenoxy) is 3. The minimum Gasteiger partial charge on any atom is -0.448 e. The maximum atomic E-state index is 15.2. The van der Waals surface area contributed by atoms with Crippen LogP contribution in [-0.2, 0) is 25.4 Å². The number of H-pyrrole nitrogens is 1. The molecule has 2 heterocycles. The van der Waals surface area contributed by atoms with Crippen LogP contribution in [0.25, 0.3) is 21.9 Å². The van der Waals surface area contributed by atoms with Gasteiger partial charge in [0.2, 0.25) is 5.91 Å². The summed E-state index contributed by atoms with van der Waals surface area (Å²) >= 11 is 0. The van der Waals surface area contributed by atoms with E-state index in [-0.39, 0.29) is 95.0 Å². The van der Waals surface area contributed by atoms with Gasteiger partial charge in [-0.1, -0.05) is 72.8 Å². The Hall–Kier alpha value is -6.61. The summed E-state index contributed by atoms with van der Waals surface area (Å²) in [5, 5.41) is 10.5. The standard InChI is InChI=1S/C46H49FN6O8/c1-46(2,3)61-44(57)48-18-24-59-25-23-53(45(58)60-29-38-33-12-6-4-10-31(33)32-11-5-7-13-34(32)38)28-41(54)51-19-21-52(22-20-51)43(56)37-26-30(16-17-39(37)47)27-40-35-14-8-9-15-36(35)42(55)50-49-40/h4-17,26,38H,18-25,27-29H2,1-3H3,(H,48,57)(H,50,55). The van der Waals surface area contributed by atoms with Crippen molar-refractivity contribution in [2.24, 2.45) is 0 Å². The molecular weight excluding hydrogens is 784 g/mol. The molecule has 1 aliphatic carbocycles. The van der Waals surface area contributed by atoms with Gasteiger partial charge in [0.15, 0.2) is 0 Å². The van der Waals surface area contributed by atoms with Crippen molar-refractivity contribution in [3.8, 4) is 11.1 Å². The lowest BCUT2D eigenvalue weighted by Crippen LogP contribution is -2.53. The second-order valence-corrected chi connectivity index (χ2v) is 16.0. The van der Waals surface area contributed by atoms with Crippen LogP contribution >= 0.6 is 0 Å². The van der Waals surface area contributed by atoms with Gasteiger partial charge in [0.25, 0.3) is 11.5 Å². The van der Waals surface area contributed by atoms with Gasteiger partial charge in [-0.3, -0.25) is 19.3 Å². The molecule has 1 saturated heterocycles. The van der Waals surface area contributed by atoms with E-state index in [0.717, 1.165) is 22.3 Å². The summed E-state index contributed by atoms with van der Waals surface area (Å²) in [4.78, 5) is 69.8. The molecule has 0 atom stereocenters. The molecule has 15 heteroatoms. The Morgan fingerprint density at radius 3 is 2.18 bits per heavy atom.